The number of thiophene rings is 1. The summed E-state index contributed by atoms with van der Waals surface area (Å²) in [5, 5.41) is 2.99. The molecule has 0 fully saturated rings. The zero-order valence-electron chi connectivity index (χ0n) is 12.2. The number of rotatable bonds is 8. The molecule has 1 aromatic rings. The quantitative estimate of drug-likeness (QED) is 0.770. The minimum atomic E-state index is 0.113. The first-order valence-electron chi connectivity index (χ1n) is 7.09. The maximum Gasteiger partial charge on any atom is 0.220 e. The average molecular weight is 282 g/mol. The van der Waals surface area contributed by atoms with Gasteiger partial charge in [0, 0.05) is 16.2 Å². The topological polar surface area (TPSA) is 55.1 Å². The summed E-state index contributed by atoms with van der Waals surface area (Å²) in [6.45, 7) is 7.70. The minimum Gasteiger partial charge on any atom is -0.351 e. The van der Waals surface area contributed by atoms with Gasteiger partial charge in [0.15, 0.2) is 0 Å². The highest BCUT2D eigenvalue weighted by Crippen LogP contribution is 2.17. The second-order valence-electron chi connectivity index (χ2n) is 5.43. The van der Waals surface area contributed by atoms with Crippen LogP contribution in [0.4, 0.5) is 0 Å². The standard InChI is InChI=1S/C15H26N2OS/c1-4-13-5-6-14(19-13)10-17-15(18)8-12(9-16)7-11(2)3/h5-6,11-12H,4,7-10,16H2,1-3H3,(H,17,18). The molecule has 1 atom stereocenters. The van der Waals surface area contributed by atoms with E-state index in [2.05, 4.69) is 38.2 Å². The Hall–Kier alpha value is -0.870. The predicted octanol–water partition coefficient (Wildman–Crippen LogP) is 2.94. The van der Waals surface area contributed by atoms with Gasteiger partial charge in [0.05, 0.1) is 6.54 Å². The smallest absolute Gasteiger partial charge is 0.220 e. The Morgan fingerprint density at radius 1 is 1.37 bits per heavy atom. The summed E-state index contributed by atoms with van der Waals surface area (Å²) in [6.07, 6.45) is 2.62. The van der Waals surface area contributed by atoms with Crippen molar-refractivity contribution in [1.82, 2.24) is 5.32 Å². The van der Waals surface area contributed by atoms with E-state index >= 15 is 0 Å². The Balaban J connectivity index is 2.34. The monoisotopic (exact) mass is 282 g/mol. The van der Waals surface area contributed by atoms with Crippen LogP contribution in [0.3, 0.4) is 0 Å². The molecule has 0 aromatic carbocycles. The molecule has 0 bridgehead atoms. The van der Waals surface area contributed by atoms with Crippen LogP contribution in [-0.4, -0.2) is 12.5 Å². The van der Waals surface area contributed by atoms with Crippen LogP contribution >= 0.6 is 11.3 Å². The lowest BCUT2D eigenvalue weighted by molar-refractivity contribution is -0.122. The molecule has 108 valence electrons. The van der Waals surface area contributed by atoms with Crippen molar-refractivity contribution in [1.29, 1.82) is 0 Å². The van der Waals surface area contributed by atoms with E-state index in [1.54, 1.807) is 11.3 Å². The fourth-order valence-corrected chi connectivity index (χ4v) is 3.05. The maximum atomic E-state index is 11.9. The number of hydrogen-bond donors (Lipinski definition) is 2. The van der Waals surface area contributed by atoms with Gasteiger partial charge in [0.2, 0.25) is 5.91 Å². The van der Waals surface area contributed by atoms with Gasteiger partial charge in [0.25, 0.3) is 0 Å². The van der Waals surface area contributed by atoms with E-state index in [4.69, 9.17) is 5.73 Å². The van der Waals surface area contributed by atoms with Crippen LogP contribution in [0.2, 0.25) is 0 Å². The molecule has 19 heavy (non-hydrogen) atoms. The van der Waals surface area contributed by atoms with Gasteiger partial charge in [-0.15, -0.1) is 11.3 Å². The van der Waals surface area contributed by atoms with Gasteiger partial charge < -0.3 is 11.1 Å². The predicted molar refractivity (Wildman–Crippen MR) is 82.2 cm³/mol. The van der Waals surface area contributed by atoms with Gasteiger partial charge in [-0.2, -0.15) is 0 Å². The SMILES string of the molecule is CCc1ccc(CNC(=O)CC(CN)CC(C)C)s1. The van der Waals surface area contributed by atoms with Gasteiger partial charge >= 0.3 is 0 Å². The number of nitrogens with one attached hydrogen (secondary N) is 1. The molecule has 1 aromatic heterocycles. The van der Waals surface area contributed by atoms with Crippen molar-refractivity contribution in [3.8, 4) is 0 Å². The molecule has 0 radical (unpaired) electrons. The zero-order chi connectivity index (χ0) is 14.3. The van der Waals surface area contributed by atoms with Gasteiger partial charge in [-0.25, -0.2) is 0 Å². The number of carbonyl (C=O) groups is 1. The normalized spacial score (nSPS) is 12.7. The Bertz CT molecular complexity index is 387. The van der Waals surface area contributed by atoms with Crippen LogP contribution in [0, 0.1) is 11.8 Å². The number of carbonyl (C=O) groups excluding carboxylic acids is 1. The van der Waals surface area contributed by atoms with Crippen molar-refractivity contribution in [3.05, 3.63) is 21.9 Å². The second-order valence-corrected chi connectivity index (χ2v) is 6.69. The van der Waals surface area contributed by atoms with Crippen LogP contribution in [0.15, 0.2) is 12.1 Å². The van der Waals surface area contributed by atoms with E-state index in [0.717, 1.165) is 12.8 Å². The summed E-state index contributed by atoms with van der Waals surface area (Å²) < 4.78 is 0. The summed E-state index contributed by atoms with van der Waals surface area (Å²) in [6, 6.07) is 4.23. The summed E-state index contributed by atoms with van der Waals surface area (Å²) in [7, 11) is 0. The third kappa shape index (κ3) is 6.21. The molecule has 4 heteroatoms. The fraction of sp³-hybridized carbons (Fsp3) is 0.667. The molecular weight excluding hydrogens is 256 g/mol. The average Bonchev–Trinajstić information content (AvgIpc) is 2.83. The second kappa shape index (κ2) is 8.33. The molecule has 1 heterocycles. The van der Waals surface area contributed by atoms with E-state index in [1.165, 1.54) is 9.75 Å². The van der Waals surface area contributed by atoms with Gasteiger partial charge in [-0.3, -0.25) is 4.79 Å². The summed E-state index contributed by atoms with van der Waals surface area (Å²) in [4.78, 5) is 14.5. The maximum absolute atomic E-state index is 11.9. The highest BCUT2D eigenvalue weighted by molar-refractivity contribution is 7.11. The highest BCUT2D eigenvalue weighted by atomic mass is 32.1. The van der Waals surface area contributed by atoms with Crippen molar-refractivity contribution in [3.63, 3.8) is 0 Å². The van der Waals surface area contributed by atoms with E-state index in [9.17, 15) is 4.79 Å². The first kappa shape index (κ1) is 16.2. The van der Waals surface area contributed by atoms with E-state index < -0.39 is 0 Å². The Kier molecular flexibility index (Phi) is 7.10. The molecule has 0 aliphatic heterocycles. The zero-order valence-corrected chi connectivity index (χ0v) is 13.1. The highest BCUT2D eigenvalue weighted by Gasteiger charge is 2.14. The third-order valence-corrected chi connectivity index (χ3v) is 4.37. The largest absolute Gasteiger partial charge is 0.351 e. The molecule has 0 saturated carbocycles. The van der Waals surface area contributed by atoms with Crippen molar-refractivity contribution < 1.29 is 4.79 Å². The number of nitrogens with two attached hydrogens (primary N) is 1. The van der Waals surface area contributed by atoms with Crippen LogP contribution in [0.5, 0.6) is 0 Å². The lowest BCUT2D eigenvalue weighted by Gasteiger charge is -2.16. The fourth-order valence-electron chi connectivity index (χ4n) is 2.16. The molecule has 1 amide bonds. The van der Waals surface area contributed by atoms with Crippen molar-refractivity contribution in [2.45, 2.75) is 46.6 Å². The molecular formula is C15H26N2OS. The Morgan fingerprint density at radius 2 is 2.05 bits per heavy atom. The lowest BCUT2D eigenvalue weighted by atomic mass is 9.94. The van der Waals surface area contributed by atoms with Crippen LogP contribution in [-0.2, 0) is 17.8 Å². The molecule has 0 aliphatic carbocycles. The van der Waals surface area contributed by atoms with E-state index in [0.29, 0.717) is 31.3 Å². The lowest BCUT2D eigenvalue weighted by Crippen LogP contribution is -2.28. The van der Waals surface area contributed by atoms with Crippen LogP contribution in [0.25, 0.3) is 0 Å². The summed E-state index contributed by atoms with van der Waals surface area (Å²) >= 11 is 1.77. The van der Waals surface area contributed by atoms with Crippen molar-refractivity contribution in [2.75, 3.05) is 6.54 Å². The third-order valence-electron chi connectivity index (χ3n) is 3.14. The molecule has 0 aliphatic rings. The Morgan fingerprint density at radius 3 is 2.58 bits per heavy atom. The summed E-state index contributed by atoms with van der Waals surface area (Å²) in [5.74, 6) is 1.00. The van der Waals surface area contributed by atoms with E-state index in [-0.39, 0.29) is 5.91 Å². The van der Waals surface area contributed by atoms with E-state index in [1.807, 2.05) is 0 Å². The minimum absolute atomic E-state index is 0.113. The van der Waals surface area contributed by atoms with Crippen LogP contribution in [0.1, 0.15) is 43.4 Å². The molecule has 3 N–H and O–H groups in total. The van der Waals surface area contributed by atoms with Crippen molar-refractivity contribution in [2.24, 2.45) is 17.6 Å². The molecule has 0 saturated heterocycles. The molecule has 3 nitrogen and oxygen atoms in total. The Labute approximate surface area is 120 Å². The first-order chi connectivity index (χ1) is 9.05. The van der Waals surface area contributed by atoms with Gasteiger partial charge in [-0.1, -0.05) is 20.8 Å². The van der Waals surface area contributed by atoms with Crippen molar-refractivity contribution >= 4 is 17.2 Å². The number of hydrogen-bond acceptors (Lipinski definition) is 3. The molecule has 1 unspecified atom stereocenters. The molecule has 1 rings (SSSR count). The molecule has 0 spiro atoms. The van der Waals surface area contributed by atoms with Crippen LogP contribution < -0.4 is 11.1 Å². The van der Waals surface area contributed by atoms with Gasteiger partial charge in [0.1, 0.15) is 0 Å². The number of aryl methyl sites for hydroxylation is 1. The summed E-state index contributed by atoms with van der Waals surface area (Å²) in [5.41, 5.74) is 5.72. The van der Waals surface area contributed by atoms with Gasteiger partial charge in [-0.05, 0) is 43.4 Å². The number of amides is 1. The first-order valence-corrected chi connectivity index (χ1v) is 7.91.